The van der Waals surface area contributed by atoms with Gasteiger partial charge in [-0.05, 0) is 68.2 Å². The van der Waals surface area contributed by atoms with Crippen LogP contribution in [0.2, 0.25) is 0 Å². The Morgan fingerprint density at radius 2 is 2.18 bits per heavy atom. The van der Waals surface area contributed by atoms with E-state index in [1.54, 1.807) is 6.07 Å². The molecule has 1 aromatic carbocycles. The van der Waals surface area contributed by atoms with Gasteiger partial charge in [-0.1, -0.05) is 0 Å². The summed E-state index contributed by atoms with van der Waals surface area (Å²) in [5.74, 6) is -0.305. The van der Waals surface area contributed by atoms with Crippen LogP contribution < -0.4 is 0 Å². The number of thiophene rings is 1. The Bertz CT molecular complexity index is 567. The molecule has 0 radical (unpaired) electrons. The van der Waals surface area contributed by atoms with Gasteiger partial charge in [0.25, 0.3) is 0 Å². The molecule has 0 fully saturated rings. The zero-order chi connectivity index (χ0) is 12.4. The van der Waals surface area contributed by atoms with Crippen LogP contribution in [0.3, 0.4) is 0 Å². The molecule has 1 aromatic heterocycles. The van der Waals surface area contributed by atoms with E-state index < -0.39 is 0 Å². The van der Waals surface area contributed by atoms with Crippen molar-refractivity contribution in [2.45, 2.75) is 6.42 Å². The monoisotopic (exact) mass is 424 g/mol. The summed E-state index contributed by atoms with van der Waals surface area (Å²) in [5, 5.41) is 1.93. The molecule has 88 valence electrons. The topological polar surface area (TPSA) is 17.1 Å². The average molecular weight is 425 g/mol. The van der Waals surface area contributed by atoms with Crippen molar-refractivity contribution in [2.75, 3.05) is 0 Å². The van der Waals surface area contributed by atoms with Crippen LogP contribution in [0, 0.1) is 9.39 Å². The second-order valence-corrected chi connectivity index (χ2v) is 6.43. The molecule has 0 unspecified atom stereocenters. The maximum Gasteiger partial charge on any atom is 0.169 e. The zero-order valence-electron chi connectivity index (χ0n) is 8.54. The molecule has 0 aliphatic rings. The fourth-order valence-corrected chi connectivity index (χ4v) is 3.68. The molecule has 17 heavy (non-hydrogen) atoms. The van der Waals surface area contributed by atoms with Crippen LogP contribution in [0.1, 0.15) is 15.2 Å². The van der Waals surface area contributed by atoms with E-state index in [2.05, 4.69) is 15.9 Å². The Hall–Kier alpha value is -0.270. The number of carbonyl (C=O) groups excluding carboxylic acids is 1. The van der Waals surface area contributed by atoms with Gasteiger partial charge in [-0.3, -0.25) is 4.79 Å². The van der Waals surface area contributed by atoms with Crippen LogP contribution in [0.5, 0.6) is 0 Å². The third-order valence-corrected chi connectivity index (χ3v) is 5.06. The zero-order valence-corrected chi connectivity index (χ0v) is 13.1. The van der Waals surface area contributed by atoms with Crippen molar-refractivity contribution in [3.05, 3.63) is 53.9 Å². The van der Waals surface area contributed by atoms with Gasteiger partial charge in [0.05, 0.1) is 0 Å². The third kappa shape index (κ3) is 3.14. The second kappa shape index (κ2) is 5.58. The standard InChI is InChI=1S/C12H7BrFIOS/c13-9-3-4-17-12(9)6-11(16)8-2-1-7(14)5-10(8)15/h1-5H,6H2. The minimum absolute atomic E-state index is 0.0116. The molecule has 2 aromatic rings. The fourth-order valence-electron chi connectivity index (χ4n) is 1.41. The molecule has 1 nitrogen and oxygen atoms in total. The molecule has 0 amide bonds. The van der Waals surface area contributed by atoms with E-state index in [-0.39, 0.29) is 11.6 Å². The Kier molecular flexibility index (Phi) is 4.32. The Morgan fingerprint density at radius 3 is 2.76 bits per heavy atom. The third-order valence-electron chi connectivity index (χ3n) is 2.24. The highest BCUT2D eigenvalue weighted by molar-refractivity contribution is 14.1. The average Bonchev–Trinajstić information content (AvgIpc) is 2.64. The number of halogens is 3. The van der Waals surface area contributed by atoms with Crippen molar-refractivity contribution in [1.82, 2.24) is 0 Å². The van der Waals surface area contributed by atoms with Crippen molar-refractivity contribution < 1.29 is 9.18 Å². The van der Waals surface area contributed by atoms with E-state index in [0.717, 1.165) is 9.35 Å². The van der Waals surface area contributed by atoms with Crippen LogP contribution >= 0.6 is 49.9 Å². The molecule has 0 N–H and O–H groups in total. The first-order chi connectivity index (χ1) is 8.08. The number of ketones is 1. The lowest BCUT2D eigenvalue weighted by atomic mass is 10.1. The first-order valence-electron chi connectivity index (χ1n) is 4.78. The predicted octanol–water partition coefficient (Wildman–Crippen LogP) is 4.68. The van der Waals surface area contributed by atoms with Gasteiger partial charge >= 0.3 is 0 Å². The van der Waals surface area contributed by atoms with Gasteiger partial charge in [0, 0.05) is 24.9 Å². The highest BCUT2D eigenvalue weighted by atomic mass is 127. The molecule has 0 aliphatic carbocycles. The summed E-state index contributed by atoms with van der Waals surface area (Å²) in [6.45, 7) is 0. The molecule has 0 saturated carbocycles. The Morgan fingerprint density at radius 1 is 1.41 bits per heavy atom. The van der Waals surface area contributed by atoms with Crippen LogP contribution in [-0.4, -0.2) is 5.78 Å². The molecule has 0 saturated heterocycles. The quantitative estimate of drug-likeness (QED) is 0.516. The highest BCUT2D eigenvalue weighted by Crippen LogP contribution is 2.25. The Balaban J connectivity index is 2.23. The molecule has 2 rings (SSSR count). The van der Waals surface area contributed by atoms with E-state index in [9.17, 15) is 9.18 Å². The van der Waals surface area contributed by atoms with Gasteiger partial charge in [-0.2, -0.15) is 0 Å². The summed E-state index contributed by atoms with van der Waals surface area (Å²) in [4.78, 5) is 13.1. The Labute approximate surface area is 124 Å². The van der Waals surface area contributed by atoms with Crippen molar-refractivity contribution >= 4 is 55.6 Å². The number of carbonyl (C=O) groups is 1. The molecule has 1 heterocycles. The van der Waals surface area contributed by atoms with Crippen LogP contribution in [0.15, 0.2) is 34.1 Å². The van der Waals surface area contributed by atoms with E-state index in [1.165, 1.54) is 23.5 Å². The van der Waals surface area contributed by atoms with Crippen LogP contribution in [0.25, 0.3) is 0 Å². The van der Waals surface area contributed by atoms with E-state index in [0.29, 0.717) is 15.6 Å². The number of benzene rings is 1. The SMILES string of the molecule is O=C(Cc1sccc1Br)c1ccc(F)cc1I. The van der Waals surface area contributed by atoms with Crippen molar-refractivity contribution in [3.63, 3.8) is 0 Å². The first kappa shape index (κ1) is 13.2. The lowest BCUT2D eigenvalue weighted by Gasteiger charge is -2.03. The summed E-state index contributed by atoms with van der Waals surface area (Å²) < 4.78 is 14.5. The number of hydrogen-bond acceptors (Lipinski definition) is 2. The largest absolute Gasteiger partial charge is 0.294 e. The lowest BCUT2D eigenvalue weighted by molar-refractivity contribution is 0.0993. The van der Waals surface area contributed by atoms with Crippen LogP contribution in [-0.2, 0) is 6.42 Å². The fraction of sp³-hybridized carbons (Fsp3) is 0.0833. The molecule has 0 atom stereocenters. The van der Waals surface area contributed by atoms with Gasteiger partial charge in [-0.25, -0.2) is 4.39 Å². The molecular formula is C12H7BrFIOS. The van der Waals surface area contributed by atoms with E-state index in [1.807, 2.05) is 34.0 Å². The van der Waals surface area contributed by atoms with Crippen LogP contribution in [0.4, 0.5) is 4.39 Å². The van der Waals surface area contributed by atoms with Crippen molar-refractivity contribution in [1.29, 1.82) is 0 Å². The predicted molar refractivity (Wildman–Crippen MR) is 79.2 cm³/mol. The second-order valence-electron chi connectivity index (χ2n) is 3.42. The summed E-state index contributed by atoms with van der Waals surface area (Å²) >= 11 is 6.91. The summed E-state index contributed by atoms with van der Waals surface area (Å²) in [7, 11) is 0. The highest BCUT2D eigenvalue weighted by Gasteiger charge is 2.13. The maximum absolute atomic E-state index is 12.9. The molecular weight excluding hydrogens is 418 g/mol. The van der Waals surface area contributed by atoms with E-state index >= 15 is 0 Å². The summed E-state index contributed by atoms with van der Waals surface area (Å²) in [6, 6.07) is 6.15. The van der Waals surface area contributed by atoms with Crippen molar-refractivity contribution in [3.8, 4) is 0 Å². The van der Waals surface area contributed by atoms with Crippen molar-refractivity contribution in [2.24, 2.45) is 0 Å². The molecule has 0 aliphatic heterocycles. The van der Waals surface area contributed by atoms with E-state index in [4.69, 9.17) is 0 Å². The van der Waals surface area contributed by atoms with Gasteiger partial charge in [0.2, 0.25) is 0 Å². The van der Waals surface area contributed by atoms with Gasteiger partial charge in [0.1, 0.15) is 5.82 Å². The number of rotatable bonds is 3. The smallest absolute Gasteiger partial charge is 0.169 e. The first-order valence-corrected chi connectivity index (χ1v) is 7.53. The summed E-state index contributed by atoms with van der Waals surface area (Å²) in [5.41, 5.74) is 0.576. The molecule has 0 spiro atoms. The van der Waals surface area contributed by atoms with Gasteiger partial charge in [0.15, 0.2) is 5.78 Å². The summed E-state index contributed by atoms with van der Waals surface area (Å²) in [6.07, 6.45) is 0.347. The molecule has 0 bridgehead atoms. The minimum Gasteiger partial charge on any atom is -0.294 e. The van der Waals surface area contributed by atoms with Gasteiger partial charge in [-0.15, -0.1) is 11.3 Å². The number of Topliss-reactive ketones (excluding diaryl/α,β-unsaturated/α-hetero) is 1. The maximum atomic E-state index is 12.9. The lowest BCUT2D eigenvalue weighted by Crippen LogP contribution is -2.05. The molecule has 5 heteroatoms. The number of hydrogen-bond donors (Lipinski definition) is 0. The normalized spacial score (nSPS) is 10.5. The van der Waals surface area contributed by atoms with Gasteiger partial charge < -0.3 is 0 Å². The minimum atomic E-state index is -0.316.